The zero-order valence-corrected chi connectivity index (χ0v) is 7.13. The van der Waals surface area contributed by atoms with Gasteiger partial charge in [-0.1, -0.05) is 0 Å². The fourth-order valence-electron chi connectivity index (χ4n) is 0.841. The zero-order valence-electron chi connectivity index (χ0n) is 7.13. The SMILES string of the molecule is CC(=O)Oc1cccnc1C(F)(F)F. The number of hydrogen-bond acceptors (Lipinski definition) is 3. The molecule has 0 atom stereocenters. The standard InChI is InChI=1S/C8H6F3NO2/c1-5(13)14-6-3-2-4-12-7(6)8(9,10)11/h2-4H,1H3. The monoisotopic (exact) mass is 205 g/mol. The van der Waals surface area contributed by atoms with Crippen LogP contribution >= 0.6 is 0 Å². The molecular weight excluding hydrogens is 199 g/mol. The van der Waals surface area contributed by atoms with Crippen LogP contribution in [0.2, 0.25) is 0 Å². The second-order valence-electron chi connectivity index (χ2n) is 2.44. The first kappa shape index (κ1) is 10.5. The lowest BCUT2D eigenvalue weighted by Crippen LogP contribution is -2.12. The number of halogens is 3. The van der Waals surface area contributed by atoms with Crippen LogP contribution < -0.4 is 4.74 Å². The second-order valence-corrected chi connectivity index (χ2v) is 2.44. The highest BCUT2D eigenvalue weighted by Crippen LogP contribution is 2.33. The normalized spacial score (nSPS) is 11.1. The first-order valence-electron chi connectivity index (χ1n) is 3.62. The van der Waals surface area contributed by atoms with E-state index >= 15 is 0 Å². The Morgan fingerprint density at radius 1 is 1.50 bits per heavy atom. The van der Waals surface area contributed by atoms with Gasteiger partial charge in [-0.15, -0.1) is 0 Å². The minimum absolute atomic E-state index is 0.576. The molecule has 14 heavy (non-hydrogen) atoms. The van der Waals surface area contributed by atoms with Crippen molar-refractivity contribution in [1.29, 1.82) is 0 Å². The molecule has 6 heteroatoms. The van der Waals surface area contributed by atoms with Crippen molar-refractivity contribution in [1.82, 2.24) is 4.98 Å². The van der Waals surface area contributed by atoms with E-state index in [-0.39, 0.29) is 0 Å². The van der Waals surface area contributed by atoms with Crippen LogP contribution in [0.15, 0.2) is 18.3 Å². The van der Waals surface area contributed by atoms with E-state index in [2.05, 4.69) is 9.72 Å². The molecule has 1 rings (SSSR count). The van der Waals surface area contributed by atoms with E-state index in [1.807, 2.05) is 0 Å². The van der Waals surface area contributed by atoms with Crippen LogP contribution in [0.4, 0.5) is 13.2 Å². The van der Waals surface area contributed by atoms with Crippen molar-refractivity contribution in [2.75, 3.05) is 0 Å². The Bertz CT molecular complexity index is 349. The molecule has 0 fully saturated rings. The Labute approximate surface area is 77.5 Å². The van der Waals surface area contributed by atoms with E-state index < -0.39 is 23.6 Å². The van der Waals surface area contributed by atoms with Crippen LogP contribution in [-0.2, 0) is 11.0 Å². The lowest BCUT2D eigenvalue weighted by atomic mass is 10.3. The summed E-state index contributed by atoms with van der Waals surface area (Å²) in [6.45, 7) is 1.02. The van der Waals surface area contributed by atoms with Crippen LogP contribution in [0, 0.1) is 0 Å². The third-order valence-electron chi connectivity index (χ3n) is 1.29. The van der Waals surface area contributed by atoms with E-state index in [1.165, 1.54) is 6.07 Å². The molecule has 0 bridgehead atoms. The van der Waals surface area contributed by atoms with Gasteiger partial charge < -0.3 is 4.74 Å². The number of rotatable bonds is 1. The minimum atomic E-state index is -4.62. The van der Waals surface area contributed by atoms with Crippen LogP contribution in [0.5, 0.6) is 5.75 Å². The van der Waals surface area contributed by atoms with Gasteiger partial charge in [0.15, 0.2) is 11.4 Å². The molecular formula is C8H6F3NO2. The summed E-state index contributed by atoms with van der Waals surface area (Å²) in [5.74, 6) is -1.39. The highest BCUT2D eigenvalue weighted by atomic mass is 19.4. The Morgan fingerprint density at radius 3 is 2.64 bits per heavy atom. The lowest BCUT2D eigenvalue weighted by molar-refractivity contribution is -0.144. The van der Waals surface area contributed by atoms with Gasteiger partial charge in [0.05, 0.1) is 0 Å². The highest BCUT2D eigenvalue weighted by Gasteiger charge is 2.36. The molecule has 0 aromatic carbocycles. The summed E-state index contributed by atoms with van der Waals surface area (Å²) < 4.78 is 41.1. The van der Waals surface area contributed by atoms with Crippen LogP contribution in [0.25, 0.3) is 0 Å². The Kier molecular flexibility index (Phi) is 2.73. The summed E-state index contributed by atoms with van der Waals surface area (Å²) in [7, 11) is 0. The van der Waals surface area contributed by atoms with Gasteiger partial charge in [0.25, 0.3) is 0 Å². The molecule has 0 aliphatic carbocycles. The second kappa shape index (κ2) is 3.65. The third-order valence-corrected chi connectivity index (χ3v) is 1.29. The average molecular weight is 205 g/mol. The summed E-state index contributed by atoms with van der Waals surface area (Å²) in [6.07, 6.45) is -3.64. The van der Waals surface area contributed by atoms with E-state index in [9.17, 15) is 18.0 Å². The smallest absolute Gasteiger partial charge is 0.424 e. The van der Waals surface area contributed by atoms with E-state index in [0.717, 1.165) is 19.2 Å². The molecule has 0 amide bonds. The summed E-state index contributed by atoms with van der Waals surface area (Å²) in [4.78, 5) is 13.6. The predicted octanol–water partition coefficient (Wildman–Crippen LogP) is 2.03. The molecule has 0 unspecified atom stereocenters. The number of nitrogens with zero attached hydrogens (tertiary/aromatic N) is 1. The van der Waals surface area contributed by atoms with Crippen molar-refractivity contribution in [2.24, 2.45) is 0 Å². The summed E-state index contributed by atoms with van der Waals surface area (Å²) >= 11 is 0. The highest BCUT2D eigenvalue weighted by molar-refractivity contribution is 5.69. The van der Waals surface area contributed by atoms with Crippen molar-refractivity contribution < 1.29 is 22.7 Å². The van der Waals surface area contributed by atoms with Crippen molar-refractivity contribution >= 4 is 5.97 Å². The zero-order chi connectivity index (χ0) is 10.8. The van der Waals surface area contributed by atoms with Crippen LogP contribution in [0.3, 0.4) is 0 Å². The van der Waals surface area contributed by atoms with Gasteiger partial charge in [-0.3, -0.25) is 4.79 Å². The number of alkyl halides is 3. The molecule has 0 aliphatic heterocycles. The molecule has 76 valence electrons. The van der Waals surface area contributed by atoms with Gasteiger partial charge >= 0.3 is 12.1 Å². The molecule has 0 aliphatic rings. The Morgan fingerprint density at radius 2 is 2.14 bits per heavy atom. The third kappa shape index (κ3) is 2.45. The maximum Gasteiger partial charge on any atom is 0.437 e. The van der Waals surface area contributed by atoms with E-state index in [4.69, 9.17) is 0 Å². The summed E-state index contributed by atoms with van der Waals surface area (Å²) in [6, 6.07) is 2.30. The number of aromatic nitrogens is 1. The quantitative estimate of drug-likeness (QED) is 0.658. The number of hydrogen-bond donors (Lipinski definition) is 0. The number of esters is 1. The summed E-state index contributed by atoms with van der Waals surface area (Å²) in [5, 5.41) is 0. The van der Waals surface area contributed by atoms with Gasteiger partial charge in [-0.05, 0) is 12.1 Å². The predicted molar refractivity (Wildman–Crippen MR) is 40.5 cm³/mol. The summed E-state index contributed by atoms with van der Waals surface area (Å²) in [5.41, 5.74) is -1.20. The number of carbonyl (C=O) groups excluding carboxylic acids is 1. The molecule has 1 aromatic heterocycles. The van der Waals surface area contributed by atoms with Crippen molar-refractivity contribution in [3.8, 4) is 5.75 Å². The van der Waals surface area contributed by atoms with Crippen molar-refractivity contribution in [3.05, 3.63) is 24.0 Å². The number of carbonyl (C=O) groups is 1. The van der Waals surface area contributed by atoms with Crippen LogP contribution in [0.1, 0.15) is 12.6 Å². The molecule has 3 nitrogen and oxygen atoms in total. The van der Waals surface area contributed by atoms with Gasteiger partial charge in [-0.2, -0.15) is 13.2 Å². The topological polar surface area (TPSA) is 39.2 Å². The first-order chi connectivity index (χ1) is 6.41. The van der Waals surface area contributed by atoms with Gasteiger partial charge in [0, 0.05) is 13.1 Å². The fourth-order valence-corrected chi connectivity index (χ4v) is 0.841. The fraction of sp³-hybridized carbons (Fsp3) is 0.250. The first-order valence-corrected chi connectivity index (χ1v) is 3.62. The average Bonchev–Trinajstić information content (AvgIpc) is 2.01. The van der Waals surface area contributed by atoms with Gasteiger partial charge in [-0.25, -0.2) is 4.98 Å². The van der Waals surface area contributed by atoms with E-state index in [1.54, 1.807) is 0 Å². The molecule has 1 heterocycles. The molecule has 0 N–H and O–H groups in total. The van der Waals surface area contributed by atoms with Gasteiger partial charge in [0.1, 0.15) is 0 Å². The molecule has 0 saturated heterocycles. The van der Waals surface area contributed by atoms with Crippen LogP contribution in [-0.4, -0.2) is 11.0 Å². The Hall–Kier alpha value is -1.59. The number of pyridine rings is 1. The molecule has 0 spiro atoms. The minimum Gasteiger partial charge on any atom is -0.424 e. The van der Waals surface area contributed by atoms with Gasteiger partial charge in [0.2, 0.25) is 0 Å². The maximum absolute atomic E-state index is 12.2. The van der Waals surface area contributed by atoms with Crippen molar-refractivity contribution in [3.63, 3.8) is 0 Å². The molecule has 0 radical (unpaired) electrons. The number of ether oxygens (including phenoxy) is 1. The van der Waals surface area contributed by atoms with Crippen molar-refractivity contribution in [2.45, 2.75) is 13.1 Å². The lowest BCUT2D eigenvalue weighted by Gasteiger charge is -2.09. The Balaban J connectivity index is 3.10. The van der Waals surface area contributed by atoms with E-state index in [0.29, 0.717) is 0 Å². The molecule has 0 saturated carbocycles. The largest absolute Gasteiger partial charge is 0.437 e. The molecule has 1 aromatic rings. The maximum atomic E-state index is 12.2.